The molecule has 0 aliphatic carbocycles. The van der Waals surface area contributed by atoms with Crippen molar-refractivity contribution in [1.82, 2.24) is 4.31 Å². The summed E-state index contributed by atoms with van der Waals surface area (Å²) < 4.78 is 79.9. The molecule has 3 aromatic rings. The molecule has 3 aromatic carbocycles. The van der Waals surface area contributed by atoms with Gasteiger partial charge in [0, 0.05) is 18.1 Å². The molecule has 0 spiro atoms. The van der Waals surface area contributed by atoms with Crippen LogP contribution < -0.4 is 5.32 Å². The third-order valence-electron chi connectivity index (χ3n) is 5.80. The van der Waals surface area contributed by atoms with Gasteiger partial charge in [-0.1, -0.05) is 46.9 Å². The Morgan fingerprint density at radius 1 is 1.00 bits per heavy atom. The fourth-order valence-electron chi connectivity index (χ4n) is 4.02. The van der Waals surface area contributed by atoms with Crippen LogP contribution in [0.2, 0.25) is 15.1 Å². The molecule has 0 saturated carbocycles. The van der Waals surface area contributed by atoms with Crippen molar-refractivity contribution < 1.29 is 30.8 Å². The highest BCUT2D eigenvalue weighted by atomic mass is 35.5. The van der Waals surface area contributed by atoms with Crippen molar-refractivity contribution in [2.45, 2.75) is 30.5 Å². The lowest BCUT2D eigenvalue weighted by Crippen LogP contribution is -2.36. The van der Waals surface area contributed by atoms with E-state index >= 15 is 0 Å². The number of sulfonamides is 1. The topological polar surface area (TPSA) is 66.5 Å². The molecule has 0 saturated heterocycles. The lowest BCUT2D eigenvalue weighted by Gasteiger charge is -2.30. The number of halogens is 7. The number of hydrogen-bond donors (Lipinski definition) is 1. The molecule has 5 nitrogen and oxygen atoms in total. The van der Waals surface area contributed by atoms with Crippen LogP contribution in [0.3, 0.4) is 0 Å². The SMILES string of the molecule is O=C(Cc1ccc(C(F)(F)F)c(F)c1)Nc1c(Cl)ccc2c1CCN(S(=O)(=O)c1cc(Cl)ccc1Cl)C2. The minimum atomic E-state index is -4.85. The van der Waals surface area contributed by atoms with Gasteiger partial charge in [0.2, 0.25) is 15.9 Å². The summed E-state index contributed by atoms with van der Waals surface area (Å²) in [7, 11) is -3.98. The van der Waals surface area contributed by atoms with Crippen LogP contribution in [0.4, 0.5) is 23.2 Å². The molecule has 0 fully saturated rings. The van der Waals surface area contributed by atoms with Crippen LogP contribution in [-0.4, -0.2) is 25.2 Å². The predicted molar refractivity (Wildman–Crippen MR) is 133 cm³/mol. The van der Waals surface area contributed by atoms with Gasteiger partial charge in [0.15, 0.2) is 0 Å². The highest BCUT2D eigenvalue weighted by molar-refractivity contribution is 7.89. The zero-order valence-electron chi connectivity index (χ0n) is 18.7. The molecule has 4 rings (SSSR count). The van der Waals surface area contributed by atoms with Crippen molar-refractivity contribution in [2.75, 3.05) is 11.9 Å². The summed E-state index contributed by atoms with van der Waals surface area (Å²) in [5.41, 5.74) is 0.0840. The average Bonchev–Trinajstić information content (AvgIpc) is 2.81. The first-order valence-corrected chi connectivity index (χ1v) is 13.3. The Labute approximate surface area is 225 Å². The van der Waals surface area contributed by atoms with Crippen LogP contribution in [0, 0.1) is 5.82 Å². The number of alkyl halides is 3. The van der Waals surface area contributed by atoms with Gasteiger partial charge in [0.1, 0.15) is 10.7 Å². The number of hydrogen-bond acceptors (Lipinski definition) is 3. The Balaban J connectivity index is 1.54. The second-order valence-electron chi connectivity index (χ2n) is 8.26. The van der Waals surface area contributed by atoms with Gasteiger partial charge in [-0.05, 0) is 59.5 Å². The predicted octanol–water partition coefficient (Wildman–Crippen LogP) is 6.73. The third kappa shape index (κ3) is 5.88. The number of rotatable bonds is 5. The molecule has 1 amide bonds. The first-order valence-electron chi connectivity index (χ1n) is 10.7. The van der Waals surface area contributed by atoms with Crippen molar-refractivity contribution >= 4 is 56.4 Å². The van der Waals surface area contributed by atoms with E-state index in [9.17, 15) is 30.8 Å². The molecule has 0 unspecified atom stereocenters. The first-order chi connectivity index (χ1) is 17.3. The molecule has 0 atom stereocenters. The van der Waals surface area contributed by atoms with Crippen LogP contribution in [0.25, 0.3) is 0 Å². The summed E-state index contributed by atoms with van der Waals surface area (Å²) in [5, 5.41) is 3.07. The quantitative estimate of drug-likeness (QED) is 0.333. The van der Waals surface area contributed by atoms with E-state index in [1.54, 1.807) is 6.07 Å². The van der Waals surface area contributed by atoms with E-state index < -0.39 is 39.9 Å². The lowest BCUT2D eigenvalue weighted by atomic mass is 9.98. The molecule has 1 heterocycles. The molecule has 0 bridgehead atoms. The van der Waals surface area contributed by atoms with Crippen LogP contribution in [0.5, 0.6) is 0 Å². The number of fused-ring (bicyclic) bond motifs is 1. The molecular formula is C24H17Cl3F4N2O3S. The van der Waals surface area contributed by atoms with Gasteiger partial charge in [0.05, 0.1) is 27.7 Å². The van der Waals surface area contributed by atoms with Crippen LogP contribution in [0.15, 0.2) is 53.4 Å². The Bertz CT molecular complexity index is 1500. The Morgan fingerprint density at radius 2 is 1.70 bits per heavy atom. The van der Waals surface area contributed by atoms with E-state index in [0.29, 0.717) is 23.3 Å². The molecule has 13 heteroatoms. The van der Waals surface area contributed by atoms with Gasteiger partial charge >= 0.3 is 6.18 Å². The van der Waals surface area contributed by atoms with E-state index in [2.05, 4.69) is 5.32 Å². The molecule has 1 aliphatic heterocycles. The van der Waals surface area contributed by atoms with Gasteiger partial charge in [-0.3, -0.25) is 4.79 Å². The minimum absolute atomic E-state index is 0.0232. The zero-order valence-corrected chi connectivity index (χ0v) is 21.8. The van der Waals surface area contributed by atoms with E-state index in [-0.39, 0.29) is 50.7 Å². The molecule has 0 radical (unpaired) electrons. The second kappa shape index (κ2) is 10.4. The standard InChI is InChI=1S/C24H17Cl3F4N2O3S/c25-15-3-6-18(26)21(11-15)37(35,36)33-8-7-16-14(12-33)2-5-19(27)23(16)32-22(34)10-13-1-4-17(20(28)9-13)24(29,30)31/h1-6,9,11H,7-8,10,12H2,(H,32,34). The Hall–Kier alpha value is -2.37. The van der Waals surface area contributed by atoms with Gasteiger partial charge in [-0.25, -0.2) is 12.8 Å². The van der Waals surface area contributed by atoms with Crippen molar-refractivity contribution in [2.24, 2.45) is 0 Å². The fraction of sp³-hybridized carbons (Fsp3) is 0.208. The van der Waals surface area contributed by atoms with E-state index in [0.717, 1.165) is 6.07 Å². The van der Waals surface area contributed by atoms with Crippen molar-refractivity contribution in [3.63, 3.8) is 0 Å². The summed E-state index contributed by atoms with van der Waals surface area (Å²) in [6, 6.07) is 9.54. The highest BCUT2D eigenvalue weighted by Gasteiger charge is 2.34. The number of anilines is 1. The number of carbonyl (C=O) groups excluding carboxylic acids is 1. The number of nitrogens with one attached hydrogen (secondary N) is 1. The summed E-state index contributed by atoms with van der Waals surface area (Å²) >= 11 is 18.4. The molecule has 196 valence electrons. The molecule has 1 N–H and O–H groups in total. The fourth-order valence-corrected chi connectivity index (χ4v) is 6.40. The van der Waals surface area contributed by atoms with Crippen LogP contribution >= 0.6 is 34.8 Å². The summed E-state index contributed by atoms with van der Waals surface area (Å²) in [6.45, 7) is 0.0379. The van der Waals surface area contributed by atoms with Crippen molar-refractivity contribution in [3.8, 4) is 0 Å². The highest BCUT2D eigenvalue weighted by Crippen LogP contribution is 2.36. The number of carbonyl (C=O) groups is 1. The average molecular weight is 596 g/mol. The van der Waals surface area contributed by atoms with Gasteiger partial charge in [-0.15, -0.1) is 0 Å². The molecule has 1 aliphatic rings. The second-order valence-corrected chi connectivity index (χ2v) is 11.4. The number of nitrogens with zero attached hydrogens (tertiary/aromatic N) is 1. The maximum Gasteiger partial charge on any atom is 0.419 e. The van der Waals surface area contributed by atoms with E-state index in [4.69, 9.17) is 34.8 Å². The summed E-state index contributed by atoms with van der Waals surface area (Å²) in [5.74, 6) is -2.11. The molecular weight excluding hydrogens is 579 g/mol. The molecule has 37 heavy (non-hydrogen) atoms. The van der Waals surface area contributed by atoms with Gasteiger partial charge in [-0.2, -0.15) is 17.5 Å². The van der Waals surface area contributed by atoms with Crippen molar-refractivity contribution in [3.05, 3.63) is 91.7 Å². The number of amides is 1. The maximum atomic E-state index is 13.9. The normalized spacial score (nSPS) is 14.4. The first kappa shape index (κ1) is 27.7. The Kier molecular flexibility index (Phi) is 7.79. The minimum Gasteiger partial charge on any atom is -0.324 e. The Morgan fingerprint density at radius 3 is 2.38 bits per heavy atom. The molecule has 0 aromatic heterocycles. The van der Waals surface area contributed by atoms with Crippen LogP contribution in [-0.2, 0) is 40.4 Å². The third-order valence-corrected chi connectivity index (χ3v) is 8.67. The van der Waals surface area contributed by atoms with E-state index in [1.165, 1.54) is 28.6 Å². The summed E-state index contributed by atoms with van der Waals surface area (Å²) in [4.78, 5) is 12.5. The van der Waals surface area contributed by atoms with Gasteiger partial charge < -0.3 is 5.32 Å². The largest absolute Gasteiger partial charge is 0.419 e. The number of benzene rings is 3. The lowest BCUT2D eigenvalue weighted by molar-refractivity contribution is -0.140. The van der Waals surface area contributed by atoms with Crippen LogP contribution in [0.1, 0.15) is 22.3 Å². The van der Waals surface area contributed by atoms with E-state index in [1.807, 2.05) is 0 Å². The monoisotopic (exact) mass is 594 g/mol. The summed E-state index contributed by atoms with van der Waals surface area (Å²) in [6.07, 6.45) is -5.04. The zero-order chi connectivity index (χ0) is 27.1. The van der Waals surface area contributed by atoms with Gasteiger partial charge in [0.25, 0.3) is 0 Å². The smallest absolute Gasteiger partial charge is 0.324 e. The van der Waals surface area contributed by atoms with Crippen molar-refractivity contribution in [1.29, 1.82) is 0 Å². The maximum absolute atomic E-state index is 13.9.